The molecule has 0 saturated carbocycles. The minimum absolute atomic E-state index is 0.0330. The van der Waals surface area contributed by atoms with Crippen molar-refractivity contribution in [2.75, 3.05) is 0 Å². The number of rotatable bonds is 2. The van der Waals surface area contributed by atoms with Gasteiger partial charge in [0.1, 0.15) is 11.9 Å². The average molecular weight is 335 g/mol. The highest BCUT2D eigenvalue weighted by Crippen LogP contribution is 2.28. The maximum absolute atomic E-state index is 13.5. The smallest absolute Gasteiger partial charge is 0.194 e. The van der Waals surface area contributed by atoms with Crippen LogP contribution in [0.2, 0.25) is 0 Å². The zero-order valence-corrected chi connectivity index (χ0v) is 10.9. The monoisotopic (exact) mass is 334 g/mol. The number of aliphatic hydroxyl groups is 1. The molecular formula is C13H7BrF4O. The van der Waals surface area contributed by atoms with Crippen LogP contribution in [0, 0.1) is 23.3 Å². The van der Waals surface area contributed by atoms with Crippen LogP contribution in [0.15, 0.2) is 34.8 Å². The van der Waals surface area contributed by atoms with E-state index in [1.54, 1.807) is 0 Å². The molecule has 0 bridgehead atoms. The van der Waals surface area contributed by atoms with E-state index in [9.17, 15) is 22.7 Å². The van der Waals surface area contributed by atoms with E-state index in [2.05, 4.69) is 15.9 Å². The molecule has 0 radical (unpaired) electrons. The first-order valence-corrected chi connectivity index (χ1v) is 5.97. The van der Waals surface area contributed by atoms with Crippen molar-refractivity contribution >= 4 is 15.9 Å². The van der Waals surface area contributed by atoms with Gasteiger partial charge in [0.25, 0.3) is 0 Å². The third-order valence-corrected chi connectivity index (χ3v) is 3.26. The van der Waals surface area contributed by atoms with Gasteiger partial charge in [-0.3, -0.25) is 0 Å². The van der Waals surface area contributed by atoms with Crippen molar-refractivity contribution in [3.05, 3.63) is 69.2 Å². The molecule has 0 heterocycles. The predicted octanol–water partition coefficient (Wildman–Crippen LogP) is 4.09. The standard InChI is InChI=1S/C13H7BrF4O/c14-8-3-1-6(5-10(8)16)13(19)7-2-4-9(15)12(18)11(7)17/h1-5,13,19H. The summed E-state index contributed by atoms with van der Waals surface area (Å²) in [5, 5.41) is 9.89. The van der Waals surface area contributed by atoms with Crippen LogP contribution in [-0.4, -0.2) is 5.11 Å². The summed E-state index contributed by atoms with van der Waals surface area (Å²) in [6.07, 6.45) is -1.59. The number of hydrogen-bond acceptors (Lipinski definition) is 1. The quantitative estimate of drug-likeness (QED) is 0.648. The number of benzene rings is 2. The first kappa shape index (κ1) is 14.0. The minimum atomic E-state index is -1.67. The summed E-state index contributed by atoms with van der Waals surface area (Å²) in [6.45, 7) is 0. The molecule has 1 unspecified atom stereocenters. The SMILES string of the molecule is OC(c1ccc(Br)c(F)c1)c1ccc(F)c(F)c1F. The highest BCUT2D eigenvalue weighted by atomic mass is 79.9. The van der Waals surface area contributed by atoms with E-state index in [1.807, 2.05) is 0 Å². The van der Waals surface area contributed by atoms with Crippen LogP contribution in [0.25, 0.3) is 0 Å². The Balaban J connectivity index is 2.47. The lowest BCUT2D eigenvalue weighted by atomic mass is 10.0. The third kappa shape index (κ3) is 2.64. The molecule has 0 aliphatic carbocycles. The van der Waals surface area contributed by atoms with E-state index in [4.69, 9.17) is 0 Å². The van der Waals surface area contributed by atoms with Gasteiger partial charge < -0.3 is 5.11 Å². The Morgan fingerprint density at radius 2 is 1.58 bits per heavy atom. The second-order valence-electron chi connectivity index (χ2n) is 3.84. The fraction of sp³-hybridized carbons (Fsp3) is 0.0769. The summed E-state index contributed by atoms with van der Waals surface area (Å²) < 4.78 is 52.8. The molecular weight excluding hydrogens is 328 g/mol. The highest BCUT2D eigenvalue weighted by molar-refractivity contribution is 9.10. The number of aliphatic hydroxyl groups excluding tert-OH is 1. The Morgan fingerprint density at radius 1 is 0.895 bits per heavy atom. The molecule has 2 aromatic carbocycles. The van der Waals surface area contributed by atoms with Gasteiger partial charge in [-0.25, -0.2) is 17.6 Å². The molecule has 2 rings (SSSR count). The summed E-state index contributed by atoms with van der Waals surface area (Å²) in [6, 6.07) is 5.27. The lowest BCUT2D eigenvalue weighted by Gasteiger charge is -2.13. The second-order valence-corrected chi connectivity index (χ2v) is 4.69. The van der Waals surface area contributed by atoms with Crippen molar-refractivity contribution in [2.24, 2.45) is 0 Å². The second kappa shape index (κ2) is 5.30. The van der Waals surface area contributed by atoms with Crippen LogP contribution < -0.4 is 0 Å². The van der Waals surface area contributed by atoms with Gasteiger partial charge in [0.2, 0.25) is 0 Å². The van der Waals surface area contributed by atoms with Crippen LogP contribution in [-0.2, 0) is 0 Å². The van der Waals surface area contributed by atoms with E-state index in [0.29, 0.717) is 6.07 Å². The maximum Gasteiger partial charge on any atom is 0.194 e. The first-order valence-electron chi connectivity index (χ1n) is 5.18. The highest BCUT2D eigenvalue weighted by Gasteiger charge is 2.21. The van der Waals surface area contributed by atoms with Gasteiger partial charge in [0, 0.05) is 5.56 Å². The molecule has 0 aromatic heterocycles. The number of halogens is 5. The Bertz CT molecular complexity index is 630. The van der Waals surface area contributed by atoms with E-state index in [-0.39, 0.29) is 10.0 Å². The molecule has 1 nitrogen and oxygen atoms in total. The Hall–Kier alpha value is -1.40. The Labute approximate surface area is 114 Å². The zero-order chi connectivity index (χ0) is 14.2. The molecule has 0 amide bonds. The topological polar surface area (TPSA) is 20.2 Å². The number of hydrogen-bond donors (Lipinski definition) is 1. The van der Waals surface area contributed by atoms with Gasteiger partial charge in [-0.15, -0.1) is 0 Å². The van der Waals surface area contributed by atoms with Gasteiger partial charge in [-0.05, 0) is 39.7 Å². The van der Waals surface area contributed by atoms with Gasteiger partial charge >= 0.3 is 0 Å². The van der Waals surface area contributed by atoms with E-state index in [1.165, 1.54) is 12.1 Å². The molecule has 100 valence electrons. The van der Waals surface area contributed by atoms with E-state index >= 15 is 0 Å². The van der Waals surface area contributed by atoms with Crippen molar-refractivity contribution < 1.29 is 22.7 Å². The summed E-state index contributed by atoms with van der Waals surface area (Å²) in [4.78, 5) is 0. The van der Waals surface area contributed by atoms with Gasteiger partial charge in [-0.1, -0.05) is 12.1 Å². The van der Waals surface area contributed by atoms with Crippen molar-refractivity contribution in [1.82, 2.24) is 0 Å². The van der Waals surface area contributed by atoms with Crippen molar-refractivity contribution in [2.45, 2.75) is 6.10 Å². The molecule has 1 N–H and O–H groups in total. The molecule has 0 aliphatic rings. The fourth-order valence-electron chi connectivity index (χ4n) is 1.61. The molecule has 6 heteroatoms. The lowest BCUT2D eigenvalue weighted by molar-refractivity contribution is 0.212. The maximum atomic E-state index is 13.5. The van der Waals surface area contributed by atoms with E-state index < -0.39 is 34.9 Å². The largest absolute Gasteiger partial charge is 0.384 e. The molecule has 2 aromatic rings. The minimum Gasteiger partial charge on any atom is -0.384 e. The third-order valence-electron chi connectivity index (χ3n) is 2.62. The van der Waals surface area contributed by atoms with Crippen LogP contribution >= 0.6 is 15.9 Å². The van der Waals surface area contributed by atoms with Crippen LogP contribution in [0.5, 0.6) is 0 Å². The summed E-state index contributed by atoms with van der Waals surface area (Å²) in [5.41, 5.74) is -0.425. The zero-order valence-electron chi connectivity index (χ0n) is 9.30. The predicted molar refractivity (Wildman–Crippen MR) is 64.5 cm³/mol. The average Bonchev–Trinajstić information content (AvgIpc) is 2.39. The lowest BCUT2D eigenvalue weighted by Crippen LogP contribution is -2.06. The van der Waals surface area contributed by atoms with Crippen molar-refractivity contribution in [3.63, 3.8) is 0 Å². The normalized spacial score (nSPS) is 12.5. The van der Waals surface area contributed by atoms with Crippen LogP contribution in [0.3, 0.4) is 0 Å². The van der Waals surface area contributed by atoms with Crippen molar-refractivity contribution in [3.8, 4) is 0 Å². The molecule has 0 fully saturated rings. The van der Waals surface area contributed by atoms with Crippen LogP contribution in [0.4, 0.5) is 17.6 Å². The Morgan fingerprint density at radius 3 is 2.21 bits per heavy atom. The molecule has 1 atom stereocenters. The molecule has 19 heavy (non-hydrogen) atoms. The molecule has 0 aliphatic heterocycles. The molecule has 0 saturated heterocycles. The molecule has 0 spiro atoms. The first-order chi connectivity index (χ1) is 8.91. The van der Waals surface area contributed by atoms with Crippen LogP contribution in [0.1, 0.15) is 17.2 Å². The van der Waals surface area contributed by atoms with Gasteiger partial charge in [0.05, 0.1) is 4.47 Å². The summed E-state index contributed by atoms with van der Waals surface area (Å²) >= 11 is 2.93. The van der Waals surface area contributed by atoms with Gasteiger partial charge in [-0.2, -0.15) is 0 Å². The van der Waals surface area contributed by atoms with E-state index in [0.717, 1.165) is 12.1 Å². The Kier molecular flexibility index (Phi) is 3.91. The fourth-order valence-corrected chi connectivity index (χ4v) is 1.86. The van der Waals surface area contributed by atoms with Crippen molar-refractivity contribution in [1.29, 1.82) is 0 Å². The van der Waals surface area contributed by atoms with Gasteiger partial charge in [0.15, 0.2) is 17.5 Å². The summed E-state index contributed by atoms with van der Waals surface area (Å²) in [7, 11) is 0. The summed E-state index contributed by atoms with van der Waals surface area (Å²) in [5.74, 6) is -5.17.